The molecule has 0 radical (unpaired) electrons. The number of sulfonamides is 1. The van der Waals surface area contributed by atoms with Gasteiger partial charge in [0.2, 0.25) is 10.0 Å². The Labute approximate surface area is 108 Å². The van der Waals surface area contributed by atoms with Gasteiger partial charge in [-0.15, -0.1) is 0 Å². The van der Waals surface area contributed by atoms with E-state index in [1.165, 1.54) is 24.3 Å². The Hall–Kier alpha value is -1.40. The number of hydrogen-bond donors (Lipinski definition) is 1. The normalized spacial score (nSPS) is 11.3. The van der Waals surface area contributed by atoms with E-state index in [1.807, 2.05) is 6.92 Å². The van der Waals surface area contributed by atoms with E-state index in [4.69, 9.17) is 0 Å². The summed E-state index contributed by atoms with van der Waals surface area (Å²) in [5.74, 6) is -0.120. The van der Waals surface area contributed by atoms with Crippen LogP contribution in [0.25, 0.3) is 0 Å². The summed E-state index contributed by atoms with van der Waals surface area (Å²) in [6.07, 6.45) is 0. The van der Waals surface area contributed by atoms with E-state index in [-0.39, 0.29) is 10.8 Å². The van der Waals surface area contributed by atoms with Crippen molar-refractivity contribution in [1.82, 2.24) is 9.62 Å². The first-order chi connectivity index (χ1) is 8.42. The number of nitrogens with zero attached hydrogens (tertiary/aromatic N) is 1. The summed E-state index contributed by atoms with van der Waals surface area (Å²) in [7, 11) is -1.75. The van der Waals surface area contributed by atoms with Gasteiger partial charge in [0, 0.05) is 25.7 Å². The van der Waals surface area contributed by atoms with Crippen molar-refractivity contribution < 1.29 is 13.2 Å². The smallest absolute Gasteiger partial charge is 0.253 e. The molecule has 0 bridgehead atoms. The van der Waals surface area contributed by atoms with Gasteiger partial charge in [-0.3, -0.25) is 4.79 Å². The second-order valence-electron chi connectivity index (χ2n) is 3.85. The molecule has 1 amide bonds. The van der Waals surface area contributed by atoms with Gasteiger partial charge in [0.1, 0.15) is 0 Å². The summed E-state index contributed by atoms with van der Waals surface area (Å²) < 4.78 is 25.8. The molecule has 0 heterocycles. The zero-order chi connectivity index (χ0) is 13.8. The van der Waals surface area contributed by atoms with E-state index in [1.54, 1.807) is 18.9 Å². The zero-order valence-electron chi connectivity index (χ0n) is 10.8. The molecular weight excluding hydrogens is 252 g/mol. The average Bonchev–Trinajstić information content (AvgIpc) is 2.37. The third kappa shape index (κ3) is 3.30. The van der Waals surface area contributed by atoms with E-state index >= 15 is 0 Å². The Balaban J connectivity index is 2.97. The van der Waals surface area contributed by atoms with Crippen molar-refractivity contribution in [3.8, 4) is 0 Å². The molecule has 1 aromatic carbocycles. The van der Waals surface area contributed by atoms with Crippen LogP contribution in [0.5, 0.6) is 0 Å². The third-order valence-corrected chi connectivity index (χ3v) is 4.13. The lowest BCUT2D eigenvalue weighted by molar-refractivity contribution is 0.0802. The molecule has 0 aliphatic carbocycles. The van der Waals surface area contributed by atoms with Crippen molar-refractivity contribution in [1.29, 1.82) is 0 Å². The lowest BCUT2D eigenvalue weighted by atomic mass is 10.2. The Morgan fingerprint density at radius 1 is 1.22 bits per heavy atom. The van der Waals surface area contributed by atoms with E-state index in [0.717, 1.165) is 0 Å². The Kier molecular flexibility index (Phi) is 4.86. The highest BCUT2D eigenvalue weighted by atomic mass is 32.2. The van der Waals surface area contributed by atoms with E-state index in [2.05, 4.69) is 4.72 Å². The molecule has 0 aliphatic rings. The van der Waals surface area contributed by atoms with Crippen molar-refractivity contribution in [2.24, 2.45) is 0 Å². The Morgan fingerprint density at radius 3 is 2.22 bits per heavy atom. The maximum atomic E-state index is 11.8. The summed E-state index contributed by atoms with van der Waals surface area (Å²) in [6.45, 7) is 4.53. The van der Waals surface area contributed by atoms with E-state index < -0.39 is 10.0 Å². The van der Waals surface area contributed by atoms with Gasteiger partial charge in [-0.2, -0.15) is 0 Å². The first-order valence-electron chi connectivity index (χ1n) is 5.77. The van der Waals surface area contributed by atoms with Gasteiger partial charge in [-0.25, -0.2) is 13.1 Å². The maximum Gasteiger partial charge on any atom is 0.253 e. The monoisotopic (exact) mass is 270 g/mol. The molecule has 0 aliphatic heterocycles. The van der Waals surface area contributed by atoms with Crippen LogP contribution in [0, 0.1) is 0 Å². The van der Waals surface area contributed by atoms with Crippen LogP contribution in [-0.2, 0) is 10.0 Å². The summed E-state index contributed by atoms with van der Waals surface area (Å²) >= 11 is 0. The zero-order valence-corrected chi connectivity index (χ0v) is 11.6. The number of benzene rings is 1. The minimum atomic E-state index is -3.45. The topological polar surface area (TPSA) is 66.5 Å². The molecule has 6 heteroatoms. The van der Waals surface area contributed by atoms with Crippen molar-refractivity contribution in [2.45, 2.75) is 18.7 Å². The molecule has 0 atom stereocenters. The molecule has 0 aromatic heterocycles. The van der Waals surface area contributed by atoms with Gasteiger partial charge >= 0.3 is 0 Å². The summed E-state index contributed by atoms with van der Waals surface area (Å²) in [5, 5.41) is 0. The fourth-order valence-electron chi connectivity index (χ4n) is 1.41. The number of carbonyl (C=O) groups excluding carboxylic acids is 1. The summed E-state index contributed by atoms with van der Waals surface area (Å²) in [5.41, 5.74) is 0.481. The minimum absolute atomic E-state index is 0.120. The minimum Gasteiger partial charge on any atom is -0.342 e. The van der Waals surface area contributed by atoms with Gasteiger partial charge < -0.3 is 4.90 Å². The highest BCUT2D eigenvalue weighted by Crippen LogP contribution is 2.11. The molecule has 0 fully saturated rings. The molecule has 0 saturated heterocycles. The van der Waals surface area contributed by atoms with Crippen LogP contribution in [0.2, 0.25) is 0 Å². The molecule has 0 saturated carbocycles. The summed E-state index contributed by atoms with van der Waals surface area (Å²) in [4.78, 5) is 13.6. The lowest BCUT2D eigenvalue weighted by Crippen LogP contribution is -2.26. The van der Waals surface area contributed by atoms with E-state index in [0.29, 0.717) is 18.7 Å². The predicted molar refractivity (Wildman–Crippen MR) is 69.9 cm³/mol. The van der Waals surface area contributed by atoms with Crippen LogP contribution >= 0.6 is 0 Å². The van der Waals surface area contributed by atoms with Crippen molar-refractivity contribution in [3.63, 3.8) is 0 Å². The molecule has 1 rings (SSSR count). The number of rotatable bonds is 5. The van der Waals surface area contributed by atoms with Crippen LogP contribution in [-0.4, -0.2) is 39.4 Å². The molecular formula is C12H18N2O3S. The molecule has 0 spiro atoms. The Bertz CT molecular complexity index is 509. The quantitative estimate of drug-likeness (QED) is 0.870. The van der Waals surface area contributed by atoms with E-state index in [9.17, 15) is 13.2 Å². The number of amides is 1. The number of hydrogen-bond acceptors (Lipinski definition) is 3. The van der Waals surface area contributed by atoms with Gasteiger partial charge in [0.05, 0.1) is 4.90 Å². The lowest BCUT2D eigenvalue weighted by Gasteiger charge is -2.14. The van der Waals surface area contributed by atoms with Gasteiger partial charge in [0.25, 0.3) is 5.91 Å². The predicted octanol–water partition coefficient (Wildman–Crippen LogP) is 1.08. The first kappa shape index (κ1) is 14.7. The standard InChI is InChI=1S/C12H18N2O3S/c1-4-13-18(16,17)11-8-6-10(7-9-11)12(15)14(3)5-2/h6-9,13H,4-5H2,1-3H3. The number of carbonyl (C=O) groups is 1. The van der Waals surface area contributed by atoms with Gasteiger partial charge in [-0.05, 0) is 31.2 Å². The SMILES string of the molecule is CCNS(=O)(=O)c1ccc(C(=O)N(C)CC)cc1. The Morgan fingerprint density at radius 2 is 1.78 bits per heavy atom. The van der Waals surface area contributed by atoms with Crippen LogP contribution in [0.4, 0.5) is 0 Å². The van der Waals surface area contributed by atoms with Crippen molar-refractivity contribution in [2.75, 3.05) is 20.1 Å². The molecule has 18 heavy (non-hydrogen) atoms. The molecule has 1 aromatic rings. The fourth-order valence-corrected chi connectivity index (χ4v) is 2.46. The second-order valence-corrected chi connectivity index (χ2v) is 5.61. The molecule has 100 valence electrons. The highest BCUT2D eigenvalue weighted by molar-refractivity contribution is 7.89. The van der Waals surface area contributed by atoms with Crippen LogP contribution < -0.4 is 4.72 Å². The fraction of sp³-hybridized carbons (Fsp3) is 0.417. The van der Waals surface area contributed by atoms with Crippen LogP contribution in [0.3, 0.4) is 0 Å². The molecule has 5 nitrogen and oxygen atoms in total. The molecule has 0 unspecified atom stereocenters. The largest absolute Gasteiger partial charge is 0.342 e. The average molecular weight is 270 g/mol. The molecule has 1 N–H and O–H groups in total. The van der Waals surface area contributed by atoms with Crippen LogP contribution in [0.1, 0.15) is 24.2 Å². The highest BCUT2D eigenvalue weighted by Gasteiger charge is 2.14. The number of nitrogens with one attached hydrogen (secondary N) is 1. The van der Waals surface area contributed by atoms with Gasteiger partial charge in [0.15, 0.2) is 0 Å². The van der Waals surface area contributed by atoms with Crippen molar-refractivity contribution in [3.05, 3.63) is 29.8 Å². The second kappa shape index (κ2) is 5.97. The first-order valence-corrected chi connectivity index (χ1v) is 7.26. The maximum absolute atomic E-state index is 11.8. The van der Waals surface area contributed by atoms with Gasteiger partial charge in [-0.1, -0.05) is 6.92 Å². The third-order valence-electron chi connectivity index (χ3n) is 2.57. The van der Waals surface area contributed by atoms with Crippen molar-refractivity contribution >= 4 is 15.9 Å². The summed E-state index contributed by atoms with van der Waals surface area (Å²) in [6, 6.07) is 5.93. The van der Waals surface area contributed by atoms with Crippen LogP contribution in [0.15, 0.2) is 29.2 Å².